The van der Waals surface area contributed by atoms with E-state index < -0.39 is 11.2 Å². The molecule has 7 heteroatoms. The SMILES string of the molecule is O=c1[nH]c2c(c(=O)[nH]1)Cc1cc(Br)cc(Br)c1O2. The Morgan fingerprint density at radius 3 is 2.72 bits per heavy atom. The monoisotopic (exact) mass is 372 g/mol. The Balaban J connectivity index is 2.24. The Kier molecular flexibility index (Phi) is 2.67. The summed E-state index contributed by atoms with van der Waals surface area (Å²) in [6.45, 7) is 0. The predicted octanol–water partition coefficient (Wildman–Crippen LogP) is 2.28. The molecule has 0 unspecified atom stereocenters. The van der Waals surface area contributed by atoms with E-state index in [0.29, 0.717) is 17.7 Å². The molecule has 1 aromatic heterocycles. The fourth-order valence-electron chi connectivity index (χ4n) is 1.89. The molecule has 0 saturated heterocycles. The van der Waals surface area contributed by atoms with Gasteiger partial charge in [-0.15, -0.1) is 0 Å². The lowest BCUT2D eigenvalue weighted by Gasteiger charge is -2.20. The number of aromatic nitrogens is 2. The Morgan fingerprint density at radius 2 is 1.94 bits per heavy atom. The number of halogens is 2. The third-order valence-corrected chi connectivity index (χ3v) is 3.71. The molecule has 2 heterocycles. The van der Waals surface area contributed by atoms with Crippen molar-refractivity contribution in [3.63, 3.8) is 0 Å². The highest BCUT2D eigenvalue weighted by molar-refractivity contribution is 9.11. The summed E-state index contributed by atoms with van der Waals surface area (Å²) in [6.07, 6.45) is 0.412. The third kappa shape index (κ3) is 1.83. The first-order valence-electron chi connectivity index (χ1n) is 5.06. The predicted molar refractivity (Wildman–Crippen MR) is 72.4 cm³/mol. The summed E-state index contributed by atoms with van der Waals surface area (Å²) in [6, 6.07) is 3.72. The maximum atomic E-state index is 11.7. The first-order chi connectivity index (χ1) is 8.54. The number of hydrogen-bond acceptors (Lipinski definition) is 3. The van der Waals surface area contributed by atoms with Gasteiger partial charge in [0.15, 0.2) is 0 Å². The number of rotatable bonds is 0. The van der Waals surface area contributed by atoms with Gasteiger partial charge in [-0.2, -0.15) is 0 Å². The maximum absolute atomic E-state index is 11.7. The van der Waals surface area contributed by atoms with Crippen molar-refractivity contribution in [2.75, 3.05) is 0 Å². The fourth-order valence-corrected chi connectivity index (χ4v) is 3.29. The van der Waals surface area contributed by atoms with Crippen LogP contribution in [0.5, 0.6) is 11.6 Å². The molecule has 1 aliphatic rings. The second-order valence-corrected chi connectivity index (χ2v) is 5.64. The summed E-state index contributed by atoms with van der Waals surface area (Å²) in [7, 11) is 0. The van der Waals surface area contributed by atoms with Gasteiger partial charge in [0.1, 0.15) is 5.75 Å². The minimum absolute atomic E-state index is 0.208. The zero-order valence-electron chi connectivity index (χ0n) is 8.84. The first-order valence-corrected chi connectivity index (χ1v) is 6.64. The maximum Gasteiger partial charge on any atom is 0.328 e. The highest BCUT2D eigenvalue weighted by Crippen LogP contribution is 2.40. The number of aromatic amines is 2. The third-order valence-electron chi connectivity index (χ3n) is 2.66. The van der Waals surface area contributed by atoms with Crippen LogP contribution in [-0.4, -0.2) is 9.97 Å². The minimum Gasteiger partial charge on any atom is -0.439 e. The van der Waals surface area contributed by atoms with Gasteiger partial charge < -0.3 is 4.74 Å². The Morgan fingerprint density at radius 1 is 1.17 bits per heavy atom. The van der Waals surface area contributed by atoms with Crippen molar-refractivity contribution < 1.29 is 4.74 Å². The fraction of sp³-hybridized carbons (Fsp3) is 0.0909. The molecular weight excluding hydrogens is 368 g/mol. The first kappa shape index (κ1) is 11.7. The smallest absolute Gasteiger partial charge is 0.328 e. The van der Waals surface area contributed by atoms with Crippen LogP contribution in [0.2, 0.25) is 0 Å². The van der Waals surface area contributed by atoms with E-state index in [4.69, 9.17) is 4.74 Å². The zero-order chi connectivity index (χ0) is 12.9. The minimum atomic E-state index is -0.574. The molecule has 92 valence electrons. The van der Waals surface area contributed by atoms with Crippen LogP contribution in [0.1, 0.15) is 11.1 Å². The van der Waals surface area contributed by atoms with Gasteiger partial charge in [0, 0.05) is 16.5 Å². The van der Waals surface area contributed by atoms with Crippen molar-refractivity contribution in [3.05, 3.63) is 53.0 Å². The number of H-pyrrole nitrogens is 2. The number of hydrogen-bond donors (Lipinski definition) is 2. The van der Waals surface area contributed by atoms with Gasteiger partial charge in [0.2, 0.25) is 5.88 Å². The average Bonchev–Trinajstić information content (AvgIpc) is 2.27. The highest BCUT2D eigenvalue weighted by atomic mass is 79.9. The largest absolute Gasteiger partial charge is 0.439 e. The summed E-state index contributed by atoms with van der Waals surface area (Å²) in [5.74, 6) is 0.825. The zero-order valence-corrected chi connectivity index (χ0v) is 12.0. The molecule has 0 saturated carbocycles. The summed E-state index contributed by atoms with van der Waals surface area (Å²) < 4.78 is 7.23. The molecule has 0 radical (unpaired) electrons. The molecule has 2 N–H and O–H groups in total. The van der Waals surface area contributed by atoms with Gasteiger partial charge in [-0.05, 0) is 28.1 Å². The second kappa shape index (κ2) is 4.10. The molecule has 0 aliphatic carbocycles. The summed E-state index contributed by atoms with van der Waals surface area (Å²) >= 11 is 6.77. The van der Waals surface area contributed by atoms with Crippen LogP contribution in [-0.2, 0) is 6.42 Å². The lowest BCUT2D eigenvalue weighted by Crippen LogP contribution is -2.28. The van der Waals surface area contributed by atoms with Crippen molar-refractivity contribution in [1.82, 2.24) is 9.97 Å². The molecule has 0 amide bonds. The van der Waals surface area contributed by atoms with Crippen LogP contribution in [0.4, 0.5) is 0 Å². The molecule has 0 fully saturated rings. The second-order valence-electron chi connectivity index (χ2n) is 3.87. The van der Waals surface area contributed by atoms with E-state index in [1.54, 1.807) is 0 Å². The molecule has 5 nitrogen and oxygen atoms in total. The Labute approximate surface area is 117 Å². The molecule has 0 bridgehead atoms. The molecule has 1 aromatic carbocycles. The van der Waals surface area contributed by atoms with Crippen LogP contribution in [0, 0.1) is 0 Å². The number of fused-ring (bicyclic) bond motifs is 2. The van der Waals surface area contributed by atoms with Gasteiger partial charge in [0.25, 0.3) is 5.56 Å². The lowest BCUT2D eigenvalue weighted by atomic mass is 10.0. The number of benzene rings is 1. The topological polar surface area (TPSA) is 75.0 Å². The molecule has 0 atom stereocenters. The Hall–Kier alpha value is -1.34. The molecular formula is C11H6Br2N2O3. The van der Waals surface area contributed by atoms with Crippen LogP contribution in [0.25, 0.3) is 0 Å². The van der Waals surface area contributed by atoms with E-state index in [0.717, 1.165) is 14.5 Å². The van der Waals surface area contributed by atoms with E-state index in [9.17, 15) is 9.59 Å². The van der Waals surface area contributed by atoms with E-state index in [2.05, 4.69) is 41.8 Å². The lowest BCUT2D eigenvalue weighted by molar-refractivity contribution is 0.432. The van der Waals surface area contributed by atoms with E-state index >= 15 is 0 Å². The molecule has 0 spiro atoms. The van der Waals surface area contributed by atoms with E-state index in [-0.39, 0.29) is 5.88 Å². The van der Waals surface area contributed by atoms with Gasteiger partial charge in [-0.3, -0.25) is 14.8 Å². The van der Waals surface area contributed by atoms with Crippen molar-refractivity contribution in [1.29, 1.82) is 0 Å². The highest BCUT2D eigenvalue weighted by Gasteiger charge is 2.23. The molecule has 3 rings (SSSR count). The van der Waals surface area contributed by atoms with E-state index in [1.807, 2.05) is 12.1 Å². The summed E-state index contributed by atoms with van der Waals surface area (Å²) in [5, 5.41) is 0. The van der Waals surface area contributed by atoms with Crippen LogP contribution in [0.3, 0.4) is 0 Å². The van der Waals surface area contributed by atoms with Crippen LogP contribution < -0.4 is 16.0 Å². The standard InChI is InChI=1S/C11H6Br2N2O3/c12-5-1-4-2-6-9(16)14-11(17)15-10(6)18-8(4)7(13)3-5/h1,3H,2H2,(H2,14,15,16,17). The van der Waals surface area contributed by atoms with E-state index in [1.165, 1.54) is 0 Å². The van der Waals surface area contributed by atoms with Gasteiger partial charge in [-0.1, -0.05) is 15.9 Å². The molecule has 2 aromatic rings. The summed E-state index contributed by atoms with van der Waals surface area (Å²) in [5.41, 5.74) is 0.305. The van der Waals surface area contributed by atoms with Crippen LogP contribution >= 0.6 is 31.9 Å². The number of ether oxygens (including phenoxy) is 1. The van der Waals surface area contributed by atoms with Crippen LogP contribution in [0.15, 0.2) is 30.7 Å². The summed E-state index contributed by atoms with van der Waals surface area (Å²) in [4.78, 5) is 27.6. The quantitative estimate of drug-likeness (QED) is 0.634. The number of nitrogens with one attached hydrogen (secondary N) is 2. The van der Waals surface area contributed by atoms with Crippen molar-refractivity contribution in [3.8, 4) is 11.6 Å². The molecule has 18 heavy (non-hydrogen) atoms. The molecule has 1 aliphatic heterocycles. The van der Waals surface area contributed by atoms with Gasteiger partial charge in [-0.25, -0.2) is 4.79 Å². The normalized spacial score (nSPS) is 12.6. The van der Waals surface area contributed by atoms with Crippen molar-refractivity contribution in [2.45, 2.75) is 6.42 Å². The average molecular weight is 374 g/mol. The van der Waals surface area contributed by atoms with Crippen molar-refractivity contribution >= 4 is 31.9 Å². The van der Waals surface area contributed by atoms with Gasteiger partial charge in [0.05, 0.1) is 10.0 Å². The van der Waals surface area contributed by atoms with Crippen molar-refractivity contribution in [2.24, 2.45) is 0 Å². The van der Waals surface area contributed by atoms with Gasteiger partial charge >= 0.3 is 5.69 Å². The Bertz CT molecular complexity index is 764.